The van der Waals surface area contributed by atoms with Crippen LogP contribution in [0.25, 0.3) is 33.4 Å². The number of fused-ring (bicyclic) bond motifs is 7. The highest BCUT2D eigenvalue weighted by molar-refractivity contribution is 7.99. The number of benzene rings is 8. The topological polar surface area (TPSA) is 21.7 Å². The Morgan fingerprint density at radius 3 is 1.67 bits per heavy atom. The Labute approximate surface area is 344 Å². The van der Waals surface area contributed by atoms with Gasteiger partial charge in [-0.25, -0.2) is 0 Å². The van der Waals surface area contributed by atoms with Crippen molar-refractivity contribution in [1.29, 1.82) is 0 Å². The molecular formula is C54H41NO2S. The second-order valence-corrected chi connectivity index (χ2v) is 17.6. The van der Waals surface area contributed by atoms with Crippen LogP contribution in [0, 0.1) is 0 Å². The number of rotatable bonds is 5. The summed E-state index contributed by atoms with van der Waals surface area (Å²) in [6.45, 7) is 9.39. The zero-order chi connectivity index (χ0) is 39.2. The van der Waals surface area contributed by atoms with Crippen molar-refractivity contribution in [3.63, 3.8) is 0 Å². The Hall–Kier alpha value is -6.49. The lowest BCUT2D eigenvalue weighted by Crippen LogP contribution is -2.23. The maximum atomic E-state index is 6.44. The van der Waals surface area contributed by atoms with Gasteiger partial charge < -0.3 is 14.4 Å². The number of para-hydroxylation sites is 3. The molecule has 3 aliphatic rings. The standard InChI is InChI=1S/C54H41NO2S/c1-53(2)43-16-6-5-13-41(43)42-32-31-38(33-46(42)53)55(36-27-23-34(24-28-36)39-14-12-21-49-51(39)57-48-20-9-8-19-47(48)56-49)37-29-25-35(26-30-37)40-15-11-18-45-52(40)58-50-22-10-7-17-44(50)54(45,3)4/h5-33H,1-4H3. The van der Waals surface area contributed by atoms with Crippen LogP contribution in [-0.4, -0.2) is 0 Å². The van der Waals surface area contributed by atoms with Crippen molar-refractivity contribution < 1.29 is 9.47 Å². The molecule has 0 spiro atoms. The third kappa shape index (κ3) is 5.35. The van der Waals surface area contributed by atoms with Gasteiger partial charge in [0.2, 0.25) is 0 Å². The number of hydrogen-bond donors (Lipinski definition) is 0. The van der Waals surface area contributed by atoms with Gasteiger partial charge in [-0.1, -0.05) is 155 Å². The van der Waals surface area contributed by atoms with E-state index in [2.05, 4.69) is 172 Å². The zero-order valence-electron chi connectivity index (χ0n) is 32.9. The van der Waals surface area contributed by atoms with E-state index in [1.165, 1.54) is 54.3 Å². The van der Waals surface area contributed by atoms with Crippen molar-refractivity contribution in [2.45, 2.75) is 48.3 Å². The van der Waals surface area contributed by atoms with E-state index in [9.17, 15) is 0 Å². The van der Waals surface area contributed by atoms with Gasteiger partial charge in [-0.3, -0.25) is 0 Å². The third-order valence-electron chi connectivity index (χ3n) is 12.4. The summed E-state index contributed by atoms with van der Waals surface area (Å²) in [5.74, 6) is 2.90. The molecule has 0 N–H and O–H groups in total. The number of anilines is 3. The van der Waals surface area contributed by atoms with Gasteiger partial charge in [-0.05, 0) is 111 Å². The smallest absolute Gasteiger partial charge is 0.177 e. The van der Waals surface area contributed by atoms with Gasteiger partial charge in [-0.15, -0.1) is 0 Å². The fourth-order valence-electron chi connectivity index (χ4n) is 9.33. The maximum Gasteiger partial charge on any atom is 0.177 e. The molecule has 0 atom stereocenters. The van der Waals surface area contributed by atoms with E-state index in [0.717, 1.165) is 51.2 Å². The summed E-state index contributed by atoms with van der Waals surface area (Å²) in [5.41, 5.74) is 15.7. The quantitative estimate of drug-likeness (QED) is 0.174. The molecule has 0 fully saturated rings. The maximum absolute atomic E-state index is 6.44. The monoisotopic (exact) mass is 767 g/mol. The van der Waals surface area contributed by atoms with Gasteiger partial charge in [0.25, 0.3) is 0 Å². The molecule has 4 heteroatoms. The van der Waals surface area contributed by atoms with Crippen molar-refractivity contribution >= 4 is 28.8 Å². The second kappa shape index (κ2) is 13.0. The summed E-state index contributed by atoms with van der Waals surface area (Å²) in [6.07, 6.45) is 0. The Morgan fingerprint density at radius 2 is 0.914 bits per heavy atom. The molecule has 8 aromatic rings. The van der Waals surface area contributed by atoms with Crippen LogP contribution in [0.5, 0.6) is 23.0 Å². The van der Waals surface area contributed by atoms with Crippen LogP contribution in [0.1, 0.15) is 49.9 Å². The van der Waals surface area contributed by atoms with Crippen LogP contribution in [0.2, 0.25) is 0 Å². The molecule has 8 aromatic carbocycles. The summed E-state index contributed by atoms with van der Waals surface area (Å²) < 4.78 is 12.7. The van der Waals surface area contributed by atoms with Gasteiger partial charge in [0, 0.05) is 43.2 Å². The fourth-order valence-corrected chi connectivity index (χ4v) is 10.9. The summed E-state index contributed by atoms with van der Waals surface area (Å²) in [5, 5.41) is 0. The SMILES string of the molecule is CC1(C)c2ccccc2-c2ccc(N(c3ccc(-c4cccc5c4Oc4ccccc4O5)cc3)c3ccc(-c4cccc5c4Sc4ccccc4C5(C)C)cc3)cc21. The van der Waals surface area contributed by atoms with Crippen LogP contribution >= 0.6 is 11.8 Å². The van der Waals surface area contributed by atoms with Gasteiger partial charge >= 0.3 is 0 Å². The van der Waals surface area contributed by atoms with E-state index in [1.807, 2.05) is 48.2 Å². The molecule has 0 saturated heterocycles. The van der Waals surface area contributed by atoms with Crippen molar-refractivity contribution in [3.05, 3.63) is 198 Å². The summed E-state index contributed by atoms with van der Waals surface area (Å²) in [7, 11) is 0. The molecule has 0 aromatic heterocycles. The predicted octanol–water partition coefficient (Wildman–Crippen LogP) is 15.5. The Balaban J connectivity index is 1.00. The van der Waals surface area contributed by atoms with E-state index in [-0.39, 0.29) is 10.8 Å². The number of ether oxygens (including phenoxy) is 2. The van der Waals surface area contributed by atoms with Gasteiger partial charge in [-0.2, -0.15) is 0 Å². The molecule has 0 saturated carbocycles. The Kier molecular flexibility index (Phi) is 7.80. The lowest BCUT2D eigenvalue weighted by atomic mass is 9.77. The molecule has 2 heterocycles. The van der Waals surface area contributed by atoms with E-state index in [0.29, 0.717) is 0 Å². The van der Waals surface area contributed by atoms with Crippen LogP contribution in [0.4, 0.5) is 17.1 Å². The highest BCUT2D eigenvalue weighted by Gasteiger charge is 2.36. The summed E-state index contributed by atoms with van der Waals surface area (Å²) >= 11 is 1.89. The van der Waals surface area contributed by atoms with Gasteiger partial charge in [0.1, 0.15) is 0 Å². The first-order valence-electron chi connectivity index (χ1n) is 20.0. The molecule has 0 bridgehead atoms. The molecular weight excluding hydrogens is 727 g/mol. The van der Waals surface area contributed by atoms with Gasteiger partial charge in [0.05, 0.1) is 0 Å². The van der Waals surface area contributed by atoms with Crippen LogP contribution in [0.3, 0.4) is 0 Å². The summed E-state index contributed by atoms with van der Waals surface area (Å²) in [6, 6.07) is 63.3. The number of nitrogens with zero attached hydrogens (tertiary/aromatic N) is 1. The van der Waals surface area contributed by atoms with Crippen molar-refractivity contribution in [2.75, 3.05) is 4.90 Å². The first-order chi connectivity index (χ1) is 28.3. The summed E-state index contributed by atoms with van der Waals surface area (Å²) in [4.78, 5) is 5.06. The number of hydrogen-bond acceptors (Lipinski definition) is 4. The molecule has 3 nitrogen and oxygen atoms in total. The normalized spacial score (nSPS) is 14.7. The van der Waals surface area contributed by atoms with Crippen molar-refractivity contribution in [2.24, 2.45) is 0 Å². The molecule has 280 valence electrons. The predicted molar refractivity (Wildman–Crippen MR) is 239 cm³/mol. The molecule has 0 unspecified atom stereocenters. The third-order valence-corrected chi connectivity index (χ3v) is 13.6. The fraction of sp³-hybridized carbons (Fsp3) is 0.111. The molecule has 0 amide bonds. The second-order valence-electron chi connectivity index (χ2n) is 16.5. The first-order valence-corrected chi connectivity index (χ1v) is 20.8. The lowest BCUT2D eigenvalue weighted by molar-refractivity contribution is 0.361. The molecule has 1 aliphatic carbocycles. The average molecular weight is 768 g/mol. The molecule has 0 radical (unpaired) electrons. The van der Waals surface area contributed by atoms with Crippen LogP contribution < -0.4 is 14.4 Å². The van der Waals surface area contributed by atoms with E-state index in [4.69, 9.17) is 9.47 Å². The van der Waals surface area contributed by atoms with Crippen LogP contribution in [0.15, 0.2) is 186 Å². The Morgan fingerprint density at radius 1 is 0.397 bits per heavy atom. The van der Waals surface area contributed by atoms with E-state index < -0.39 is 0 Å². The van der Waals surface area contributed by atoms with Crippen molar-refractivity contribution in [3.8, 4) is 56.4 Å². The highest BCUT2D eigenvalue weighted by atomic mass is 32.2. The minimum Gasteiger partial charge on any atom is -0.449 e. The zero-order valence-corrected chi connectivity index (χ0v) is 33.7. The Bertz CT molecular complexity index is 2930. The lowest BCUT2D eigenvalue weighted by Gasteiger charge is -2.35. The molecule has 58 heavy (non-hydrogen) atoms. The molecule has 11 rings (SSSR count). The average Bonchev–Trinajstić information content (AvgIpc) is 3.48. The van der Waals surface area contributed by atoms with Crippen molar-refractivity contribution in [1.82, 2.24) is 0 Å². The largest absolute Gasteiger partial charge is 0.449 e. The minimum absolute atomic E-state index is 0.0836. The highest BCUT2D eigenvalue weighted by Crippen LogP contribution is 2.54. The molecule has 2 aliphatic heterocycles. The van der Waals surface area contributed by atoms with Gasteiger partial charge in [0.15, 0.2) is 23.0 Å². The van der Waals surface area contributed by atoms with E-state index in [1.54, 1.807) is 0 Å². The minimum atomic E-state index is -0.120. The first kappa shape index (κ1) is 34.7. The van der Waals surface area contributed by atoms with Crippen LogP contribution in [-0.2, 0) is 10.8 Å². The van der Waals surface area contributed by atoms with E-state index >= 15 is 0 Å².